The number of benzene rings is 2. The van der Waals surface area contributed by atoms with E-state index in [1.807, 2.05) is 48.7 Å². The first kappa shape index (κ1) is 29.9. The number of piperazine rings is 1. The normalized spacial score (nSPS) is 17.6. The van der Waals surface area contributed by atoms with E-state index in [0.29, 0.717) is 37.1 Å². The van der Waals surface area contributed by atoms with Gasteiger partial charge in [0, 0.05) is 69.3 Å². The van der Waals surface area contributed by atoms with Crippen molar-refractivity contribution in [2.45, 2.75) is 57.2 Å². The molecule has 9 heteroatoms. The predicted octanol–water partition coefficient (Wildman–Crippen LogP) is 3.82. The Hall–Kier alpha value is -3.56. The van der Waals surface area contributed by atoms with Crippen molar-refractivity contribution in [3.8, 4) is 11.5 Å². The lowest BCUT2D eigenvalue weighted by atomic mass is 9.94. The van der Waals surface area contributed by atoms with Gasteiger partial charge in [0.05, 0.1) is 20.8 Å². The van der Waals surface area contributed by atoms with Crippen LogP contribution in [0.2, 0.25) is 0 Å². The fraction of sp³-hybridized carbons (Fsp3) is 0.515. The van der Waals surface area contributed by atoms with E-state index < -0.39 is 6.04 Å². The number of hydrogen-bond acceptors (Lipinski definition) is 6. The Morgan fingerprint density at radius 1 is 1.00 bits per heavy atom. The van der Waals surface area contributed by atoms with Crippen molar-refractivity contribution >= 4 is 22.7 Å². The van der Waals surface area contributed by atoms with Crippen molar-refractivity contribution in [2.75, 3.05) is 54.0 Å². The molecule has 42 heavy (non-hydrogen) atoms. The summed E-state index contributed by atoms with van der Waals surface area (Å²) in [5.41, 5.74) is 2.93. The summed E-state index contributed by atoms with van der Waals surface area (Å²) in [5, 5.41) is 4.17. The van der Waals surface area contributed by atoms with Crippen LogP contribution in [-0.2, 0) is 22.6 Å². The van der Waals surface area contributed by atoms with Crippen LogP contribution < -0.4 is 14.8 Å². The quantitative estimate of drug-likeness (QED) is 0.361. The molecule has 9 nitrogen and oxygen atoms in total. The van der Waals surface area contributed by atoms with Gasteiger partial charge in [-0.1, -0.05) is 43.5 Å². The molecule has 1 saturated carbocycles. The fourth-order valence-electron chi connectivity index (χ4n) is 6.49. The van der Waals surface area contributed by atoms with Crippen LogP contribution in [-0.4, -0.2) is 97.6 Å². The van der Waals surface area contributed by atoms with Gasteiger partial charge >= 0.3 is 0 Å². The van der Waals surface area contributed by atoms with E-state index in [9.17, 15) is 9.59 Å². The highest BCUT2D eigenvalue weighted by Gasteiger charge is 2.29. The van der Waals surface area contributed by atoms with Gasteiger partial charge in [-0.25, -0.2) is 0 Å². The Labute approximate surface area is 249 Å². The van der Waals surface area contributed by atoms with Crippen molar-refractivity contribution in [1.82, 2.24) is 25.0 Å². The zero-order valence-electron chi connectivity index (χ0n) is 25.2. The monoisotopic (exact) mass is 575 g/mol. The Morgan fingerprint density at radius 2 is 1.74 bits per heavy atom. The summed E-state index contributed by atoms with van der Waals surface area (Å²) >= 11 is 0. The van der Waals surface area contributed by atoms with Crippen molar-refractivity contribution in [1.29, 1.82) is 0 Å². The molecule has 0 spiro atoms. The molecule has 5 rings (SSSR count). The average Bonchev–Trinajstić information content (AvgIpc) is 3.43. The van der Waals surface area contributed by atoms with Crippen molar-refractivity contribution < 1.29 is 19.1 Å². The number of nitrogens with zero attached hydrogens (tertiary/aromatic N) is 3. The zero-order valence-corrected chi connectivity index (χ0v) is 25.2. The van der Waals surface area contributed by atoms with Crippen LogP contribution in [0.25, 0.3) is 10.9 Å². The van der Waals surface area contributed by atoms with Gasteiger partial charge in [-0.15, -0.1) is 0 Å². The lowest BCUT2D eigenvalue weighted by molar-refractivity contribution is -0.136. The lowest BCUT2D eigenvalue weighted by Crippen LogP contribution is -2.55. The van der Waals surface area contributed by atoms with E-state index in [0.717, 1.165) is 48.2 Å². The second-order valence-electron chi connectivity index (χ2n) is 11.7. The zero-order chi connectivity index (χ0) is 29.5. The number of rotatable bonds is 11. The molecule has 2 aliphatic rings. The number of nitrogens with one attached hydrogen (secondary N) is 2. The predicted molar refractivity (Wildman–Crippen MR) is 165 cm³/mol. The van der Waals surface area contributed by atoms with Gasteiger partial charge in [-0.3, -0.25) is 19.4 Å². The number of para-hydroxylation sites is 1. The van der Waals surface area contributed by atoms with E-state index in [2.05, 4.69) is 20.1 Å². The van der Waals surface area contributed by atoms with E-state index in [-0.39, 0.29) is 11.8 Å². The number of H-pyrrole nitrogens is 1. The molecule has 1 saturated heterocycles. The van der Waals surface area contributed by atoms with Crippen LogP contribution in [0.15, 0.2) is 48.7 Å². The number of carbonyl (C=O) groups is 2. The minimum Gasteiger partial charge on any atom is -0.493 e. The van der Waals surface area contributed by atoms with Gasteiger partial charge in [-0.05, 0) is 42.2 Å². The summed E-state index contributed by atoms with van der Waals surface area (Å²) in [5.74, 6) is 1.01. The SMILES string of the molecule is COc1ccc(CN(C)C(=O)C(Cc2c[nH]c3ccccc23)NC(=O)CN2CCN(C3CCCCC3)CC2)cc1OC. The van der Waals surface area contributed by atoms with E-state index >= 15 is 0 Å². The number of likely N-dealkylation sites (N-methyl/N-ethyl adjacent to an activating group) is 1. The Balaban J connectivity index is 1.25. The summed E-state index contributed by atoms with van der Waals surface area (Å²) in [6.45, 7) is 4.44. The fourth-order valence-corrected chi connectivity index (χ4v) is 6.49. The highest BCUT2D eigenvalue weighted by Crippen LogP contribution is 2.28. The molecule has 0 radical (unpaired) electrons. The average molecular weight is 576 g/mol. The number of methoxy groups -OCH3 is 2. The first-order valence-corrected chi connectivity index (χ1v) is 15.2. The van der Waals surface area contributed by atoms with Crippen molar-refractivity contribution in [3.05, 3.63) is 59.8 Å². The van der Waals surface area contributed by atoms with Gasteiger partial charge in [-0.2, -0.15) is 0 Å². The molecule has 2 fully saturated rings. The highest BCUT2D eigenvalue weighted by atomic mass is 16.5. The van der Waals surface area contributed by atoms with Gasteiger partial charge in [0.1, 0.15) is 6.04 Å². The standard InChI is InChI=1S/C33H45N5O4/c1-36(22-24-13-14-30(41-2)31(19-24)42-3)33(40)29(20-25-21-34-28-12-8-7-11-27(25)28)35-32(39)23-37-15-17-38(18-16-37)26-9-5-4-6-10-26/h7-8,11-14,19,21,26,29,34H,4-6,9-10,15-18,20,22-23H2,1-3H3,(H,35,39). The van der Waals surface area contributed by atoms with Gasteiger partial charge in [0.15, 0.2) is 11.5 Å². The smallest absolute Gasteiger partial charge is 0.245 e. The number of hydrogen-bond donors (Lipinski definition) is 2. The van der Waals surface area contributed by atoms with E-state index in [1.165, 1.54) is 32.1 Å². The van der Waals surface area contributed by atoms with Crippen LogP contribution in [0.3, 0.4) is 0 Å². The molecule has 2 amide bonds. The first-order chi connectivity index (χ1) is 20.4. The summed E-state index contributed by atoms with van der Waals surface area (Å²) < 4.78 is 10.8. The Morgan fingerprint density at radius 3 is 2.48 bits per heavy atom. The maximum Gasteiger partial charge on any atom is 0.245 e. The molecule has 1 aliphatic heterocycles. The summed E-state index contributed by atoms with van der Waals surface area (Å²) in [6, 6.07) is 13.7. The topological polar surface area (TPSA) is 90.1 Å². The van der Waals surface area contributed by atoms with E-state index in [1.54, 1.807) is 26.2 Å². The molecule has 1 aromatic heterocycles. The molecule has 3 aromatic rings. The van der Waals surface area contributed by atoms with Crippen LogP contribution in [0.5, 0.6) is 11.5 Å². The molecular weight excluding hydrogens is 530 g/mol. The van der Waals surface area contributed by atoms with Crippen LogP contribution in [0.1, 0.15) is 43.2 Å². The number of aromatic amines is 1. The molecule has 2 N–H and O–H groups in total. The summed E-state index contributed by atoms with van der Waals surface area (Å²) in [4.78, 5) is 37.0. The van der Waals surface area contributed by atoms with Crippen LogP contribution in [0.4, 0.5) is 0 Å². The molecule has 2 aromatic carbocycles. The van der Waals surface area contributed by atoms with Gasteiger partial charge < -0.3 is 24.7 Å². The Bertz CT molecular complexity index is 1340. The highest BCUT2D eigenvalue weighted by molar-refractivity contribution is 5.90. The second kappa shape index (κ2) is 14.1. The maximum absolute atomic E-state index is 13.9. The molecule has 226 valence electrons. The molecule has 0 bridgehead atoms. The third kappa shape index (κ3) is 7.25. The molecule has 1 unspecified atom stereocenters. The Kier molecular flexibility index (Phi) is 10.0. The summed E-state index contributed by atoms with van der Waals surface area (Å²) in [7, 11) is 4.97. The maximum atomic E-state index is 13.9. The number of carbonyl (C=O) groups excluding carboxylic acids is 2. The van der Waals surface area contributed by atoms with Crippen LogP contribution in [0, 0.1) is 0 Å². The third-order valence-corrected chi connectivity index (χ3v) is 8.84. The number of ether oxygens (including phenoxy) is 2. The summed E-state index contributed by atoms with van der Waals surface area (Å²) in [6.07, 6.45) is 8.97. The molecule has 1 atom stereocenters. The second-order valence-corrected chi connectivity index (χ2v) is 11.7. The van der Waals surface area contributed by atoms with E-state index in [4.69, 9.17) is 9.47 Å². The lowest BCUT2D eigenvalue weighted by Gasteiger charge is -2.40. The first-order valence-electron chi connectivity index (χ1n) is 15.2. The number of aromatic nitrogens is 1. The minimum atomic E-state index is -0.689. The van der Waals surface area contributed by atoms with Crippen molar-refractivity contribution in [2.24, 2.45) is 0 Å². The number of amides is 2. The third-order valence-electron chi connectivity index (χ3n) is 8.84. The van der Waals surface area contributed by atoms with Gasteiger partial charge in [0.2, 0.25) is 11.8 Å². The molecule has 1 aliphatic carbocycles. The minimum absolute atomic E-state index is 0.112. The largest absolute Gasteiger partial charge is 0.493 e. The molecule has 2 heterocycles. The van der Waals surface area contributed by atoms with Crippen molar-refractivity contribution in [3.63, 3.8) is 0 Å². The number of fused-ring (bicyclic) bond motifs is 1. The molecular formula is C33H45N5O4. The van der Waals surface area contributed by atoms with Crippen LogP contribution >= 0.6 is 0 Å². The van der Waals surface area contributed by atoms with Gasteiger partial charge in [0.25, 0.3) is 0 Å².